The van der Waals surface area contributed by atoms with E-state index in [2.05, 4.69) is 149 Å². The number of aromatic nitrogens is 3. The van der Waals surface area contributed by atoms with Crippen LogP contribution in [0.2, 0.25) is 0 Å². The standard InChI is InChI=1S/C51H45N3/c1-30-24-32-26-31(2)51(37(25-30)27-32)44-23-20-35(28-42(44)41-22-18-33-12-8-9-15-38(33)46(41)51)48-52-47(34-13-6-5-7-14-34)53-49(54-48)36-19-21-40-39-16-10-11-17-43(39)50(3,4)45(40)29-36/h5-23,28-32,37H,24-27H2,1-4H3. The molecule has 1 spiro atoms. The van der Waals surface area contributed by atoms with E-state index in [4.69, 9.17) is 15.0 Å². The molecule has 1 aromatic heterocycles. The first-order valence-electron chi connectivity index (χ1n) is 20.0. The van der Waals surface area contributed by atoms with Crippen molar-refractivity contribution in [1.29, 1.82) is 0 Å². The number of fused-ring (bicyclic) bond motifs is 13. The highest BCUT2D eigenvalue weighted by Gasteiger charge is 2.57. The maximum Gasteiger partial charge on any atom is 0.164 e. The Labute approximate surface area is 318 Å². The highest BCUT2D eigenvalue weighted by atomic mass is 15.0. The molecule has 11 rings (SSSR count). The molecule has 4 aliphatic rings. The third-order valence-electron chi connectivity index (χ3n) is 14.0. The summed E-state index contributed by atoms with van der Waals surface area (Å²) >= 11 is 0. The van der Waals surface area contributed by atoms with E-state index in [9.17, 15) is 0 Å². The van der Waals surface area contributed by atoms with Crippen LogP contribution < -0.4 is 0 Å². The molecule has 6 aromatic carbocycles. The molecule has 3 heteroatoms. The summed E-state index contributed by atoms with van der Waals surface area (Å²) < 4.78 is 0. The fraction of sp³-hybridized carbons (Fsp3) is 0.275. The zero-order valence-electron chi connectivity index (χ0n) is 31.6. The molecule has 2 fully saturated rings. The van der Waals surface area contributed by atoms with Crippen LogP contribution in [0.1, 0.15) is 75.6 Å². The molecule has 0 saturated heterocycles. The van der Waals surface area contributed by atoms with Gasteiger partial charge in [-0.1, -0.05) is 143 Å². The van der Waals surface area contributed by atoms with Gasteiger partial charge in [0.05, 0.1) is 0 Å². The van der Waals surface area contributed by atoms with Crippen molar-refractivity contribution in [3.05, 3.63) is 150 Å². The molecular weight excluding hydrogens is 655 g/mol. The summed E-state index contributed by atoms with van der Waals surface area (Å²) in [6.45, 7) is 9.71. The van der Waals surface area contributed by atoms with Gasteiger partial charge in [0.2, 0.25) is 0 Å². The summed E-state index contributed by atoms with van der Waals surface area (Å²) in [5.74, 6) is 4.92. The van der Waals surface area contributed by atoms with Crippen molar-refractivity contribution in [2.75, 3.05) is 0 Å². The van der Waals surface area contributed by atoms with E-state index in [-0.39, 0.29) is 10.8 Å². The Morgan fingerprint density at radius 3 is 2.00 bits per heavy atom. The van der Waals surface area contributed by atoms with E-state index in [1.165, 1.54) is 75.4 Å². The van der Waals surface area contributed by atoms with Crippen molar-refractivity contribution in [3.63, 3.8) is 0 Å². The summed E-state index contributed by atoms with van der Waals surface area (Å²) in [6.07, 6.45) is 5.30. The highest BCUT2D eigenvalue weighted by Crippen LogP contribution is 2.66. The zero-order chi connectivity index (χ0) is 36.3. The van der Waals surface area contributed by atoms with Crippen LogP contribution in [0.5, 0.6) is 0 Å². The Bertz CT molecular complexity index is 2650. The van der Waals surface area contributed by atoms with Crippen molar-refractivity contribution in [2.24, 2.45) is 23.7 Å². The van der Waals surface area contributed by atoms with Crippen LogP contribution in [0.3, 0.4) is 0 Å². The van der Waals surface area contributed by atoms with Gasteiger partial charge in [0.1, 0.15) is 0 Å². The van der Waals surface area contributed by atoms with Gasteiger partial charge in [-0.2, -0.15) is 0 Å². The SMILES string of the molecule is CC1CC2CC(C)C3(c4ccc(-c5nc(-c6ccccc6)nc(-c6ccc7c(c6)C(C)(C)c6ccccc6-7)n5)cc4-c4ccc5ccccc5c43)C(C1)C2. The fourth-order valence-corrected chi connectivity index (χ4v) is 11.9. The molecule has 3 nitrogen and oxygen atoms in total. The first-order valence-corrected chi connectivity index (χ1v) is 20.0. The molecule has 0 N–H and O–H groups in total. The third-order valence-corrected chi connectivity index (χ3v) is 14.0. The lowest BCUT2D eigenvalue weighted by molar-refractivity contribution is 0.0433. The number of nitrogens with zero attached hydrogens (tertiary/aromatic N) is 3. The largest absolute Gasteiger partial charge is 0.208 e. The lowest BCUT2D eigenvalue weighted by atomic mass is 9.49. The Morgan fingerprint density at radius 2 is 1.17 bits per heavy atom. The normalized spacial score (nSPS) is 24.2. The van der Waals surface area contributed by atoms with E-state index in [1.807, 2.05) is 6.07 Å². The Balaban J connectivity index is 1.11. The van der Waals surface area contributed by atoms with Gasteiger partial charge in [-0.25, -0.2) is 15.0 Å². The summed E-state index contributed by atoms with van der Waals surface area (Å²) in [5, 5.41) is 2.77. The van der Waals surface area contributed by atoms with Gasteiger partial charge in [-0.15, -0.1) is 0 Å². The molecule has 2 saturated carbocycles. The van der Waals surface area contributed by atoms with Gasteiger partial charge >= 0.3 is 0 Å². The molecule has 264 valence electrons. The van der Waals surface area contributed by atoms with E-state index in [0.29, 0.717) is 23.5 Å². The molecule has 7 aromatic rings. The fourth-order valence-electron chi connectivity index (χ4n) is 11.9. The first-order chi connectivity index (χ1) is 26.3. The van der Waals surface area contributed by atoms with Gasteiger partial charge < -0.3 is 0 Å². The zero-order valence-corrected chi connectivity index (χ0v) is 31.6. The van der Waals surface area contributed by atoms with E-state index in [1.54, 1.807) is 5.56 Å². The Morgan fingerprint density at radius 1 is 0.500 bits per heavy atom. The molecule has 5 unspecified atom stereocenters. The average molecular weight is 700 g/mol. The lowest BCUT2D eigenvalue weighted by Gasteiger charge is -2.54. The van der Waals surface area contributed by atoms with Crippen LogP contribution >= 0.6 is 0 Å². The second kappa shape index (κ2) is 11.5. The molecule has 2 bridgehead atoms. The lowest BCUT2D eigenvalue weighted by Crippen LogP contribution is -2.49. The van der Waals surface area contributed by atoms with Crippen molar-refractivity contribution in [3.8, 4) is 56.4 Å². The van der Waals surface area contributed by atoms with Crippen LogP contribution in [0.25, 0.3) is 67.2 Å². The molecular formula is C51H45N3. The number of hydrogen-bond acceptors (Lipinski definition) is 3. The Kier molecular flexibility index (Phi) is 6.85. The van der Waals surface area contributed by atoms with Crippen molar-refractivity contribution >= 4 is 10.8 Å². The summed E-state index contributed by atoms with van der Waals surface area (Å²) in [7, 11) is 0. The third kappa shape index (κ3) is 4.45. The first kappa shape index (κ1) is 32.1. The minimum Gasteiger partial charge on any atom is -0.208 e. The average Bonchev–Trinajstić information content (AvgIpc) is 3.63. The van der Waals surface area contributed by atoms with Gasteiger partial charge in [0.15, 0.2) is 17.5 Å². The number of benzene rings is 6. The second-order valence-electron chi connectivity index (χ2n) is 17.5. The molecule has 0 aliphatic heterocycles. The minimum atomic E-state index is -0.111. The summed E-state index contributed by atoms with van der Waals surface area (Å²) in [6, 6.07) is 47.0. The summed E-state index contributed by atoms with van der Waals surface area (Å²) in [5.41, 5.74) is 14.1. The van der Waals surface area contributed by atoms with Crippen LogP contribution in [-0.2, 0) is 10.8 Å². The van der Waals surface area contributed by atoms with Crippen LogP contribution in [-0.4, -0.2) is 15.0 Å². The van der Waals surface area contributed by atoms with Gasteiger partial charge in [0.25, 0.3) is 0 Å². The molecule has 5 atom stereocenters. The van der Waals surface area contributed by atoms with E-state index >= 15 is 0 Å². The molecule has 1 heterocycles. The van der Waals surface area contributed by atoms with Gasteiger partial charge in [-0.05, 0) is 117 Å². The van der Waals surface area contributed by atoms with Crippen molar-refractivity contribution in [2.45, 2.75) is 64.2 Å². The number of rotatable bonds is 3. The molecule has 54 heavy (non-hydrogen) atoms. The molecule has 0 radical (unpaired) electrons. The molecule has 4 aliphatic carbocycles. The maximum atomic E-state index is 5.31. The van der Waals surface area contributed by atoms with E-state index < -0.39 is 0 Å². The topological polar surface area (TPSA) is 38.7 Å². The van der Waals surface area contributed by atoms with Crippen LogP contribution in [0, 0.1) is 23.7 Å². The minimum absolute atomic E-state index is 0.00347. The van der Waals surface area contributed by atoms with Gasteiger partial charge in [-0.3, -0.25) is 0 Å². The molecule has 0 amide bonds. The van der Waals surface area contributed by atoms with Crippen LogP contribution in [0.15, 0.2) is 127 Å². The van der Waals surface area contributed by atoms with Crippen molar-refractivity contribution < 1.29 is 0 Å². The highest BCUT2D eigenvalue weighted by molar-refractivity contribution is 5.98. The van der Waals surface area contributed by atoms with E-state index in [0.717, 1.165) is 34.4 Å². The Hall–Kier alpha value is -5.41. The smallest absolute Gasteiger partial charge is 0.164 e. The summed E-state index contributed by atoms with van der Waals surface area (Å²) in [4.78, 5) is 15.7. The monoisotopic (exact) mass is 699 g/mol. The van der Waals surface area contributed by atoms with Crippen molar-refractivity contribution in [1.82, 2.24) is 15.0 Å². The predicted molar refractivity (Wildman–Crippen MR) is 221 cm³/mol. The second-order valence-corrected chi connectivity index (χ2v) is 17.5. The maximum absolute atomic E-state index is 5.31. The predicted octanol–water partition coefficient (Wildman–Crippen LogP) is 12.7. The van der Waals surface area contributed by atoms with Gasteiger partial charge in [0, 0.05) is 27.5 Å². The van der Waals surface area contributed by atoms with Crippen LogP contribution in [0.4, 0.5) is 0 Å². The number of hydrogen-bond donors (Lipinski definition) is 0. The quantitative estimate of drug-likeness (QED) is 0.184.